The predicted octanol–water partition coefficient (Wildman–Crippen LogP) is 1.35. The van der Waals surface area contributed by atoms with Crippen LogP contribution in [0.25, 0.3) is 0 Å². The fourth-order valence-electron chi connectivity index (χ4n) is 2.47. The lowest BCUT2D eigenvalue weighted by Gasteiger charge is -2.06. The Hall–Kier alpha value is -0.0400. The van der Waals surface area contributed by atoms with Crippen molar-refractivity contribution in [3.63, 3.8) is 0 Å². The number of nitrogens with zero attached hydrogens (tertiary/aromatic N) is 1. The maximum absolute atomic E-state index is 2.48. The van der Waals surface area contributed by atoms with Crippen LogP contribution >= 0.6 is 0 Å². The Morgan fingerprint density at radius 1 is 1.11 bits per heavy atom. The van der Waals surface area contributed by atoms with E-state index in [2.05, 4.69) is 11.9 Å². The lowest BCUT2D eigenvalue weighted by atomic mass is 10.0. The molecule has 52 valence electrons. The van der Waals surface area contributed by atoms with Gasteiger partial charge in [-0.15, -0.1) is 0 Å². The summed E-state index contributed by atoms with van der Waals surface area (Å²) in [6.07, 6.45) is 4.52. The molecule has 2 aliphatic rings. The average Bonchev–Trinajstić information content (AvgIpc) is 2.22. The van der Waals surface area contributed by atoms with Crippen LogP contribution in [0.2, 0.25) is 0 Å². The standard InChI is InChI=1S/C8H15N/c1-9-5-7-3-2-4-8(7)6-9/h7-8H,2-6H2,1H3/t7-,8?/m0/s1. The SMILES string of the molecule is CN1CC2CCC[C@H]2C1. The first-order valence-electron chi connectivity index (χ1n) is 4.05. The molecule has 1 aliphatic carbocycles. The lowest BCUT2D eigenvalue weighted by Crippen LogP contribution is -2.14. The minimum Gasteiger partial charge on any atom is -0.306 e. The van der Waals surface area contributed by atoms with Crippen LogP contribution in [-0.4, -0.2) is 25.0 Å². The van der Waals surface area contributed by atoms with Crippen LogP contribution in [0.3, 0.4) is 0 Å². The van der Waals surface area contributed by atoms with E-state index in [4.69, 9.17) is 0 Å². The van der Waals surface area contributed by atoms with Crippen LogP contribution in [0.15, 0.2) is 0 Å². The van der Waals surface area contributed by atoms with E-state index in [9.17, 15) is 0 Å². The molecule has 0 aromatic heterocycles. The van der Waals surface area contributed by atoms with Crippen LogP contribution in [0.1, 0.15) is 19.3 Å². The minimum atomic E-state index is 1.08. The smallest absolute Gasteiger partial charge is 0.000985 e. The Labute approximate surface area is 57.0 Å². The predicted molar refractivity (Wildman–Crippen MR) is 38.3 cm³/mol. The summed E-state index contributed by atoms with van der Waals surface area (Å²) >= 11 is 0. The monoisotopic (exact) mass is 125 g/mol. The molecule has 0 amide bonds. The average molecular weight is 125 g/mol. The normalized spacial score (nSPS) is 43.7. The van der Waals surface area contributed by atoms with E-state index in [1.165, 1.54) is 32.4 Å². The third-order valence-electron chi connectivity index (χ3n) is 2.91. The highest BCUT2D eigenvalue weighted by Gasteiger charge is 2.33. The Balaban J connectivity index is 2.02. The molecule has 1 heteroatoms. The summed E-state index contributed by atoms with van der Waals surface area (Å²) in [5.74, 6) is 2.16. The van der Waals surface area contributed by atoms with E-state index in [-0.39, 0.29) is 0 Å². The first-order chi connectivity index (χ1) is 4.36. The Morgan fingerprint density at radius 2 is 1.67 bits per heavy atom. The second kappa shape index (κ2) is 1.98. The maximum Gasteiger partial charge on any atom is 0.000985 e. The second-order valence-electron chi connectivity index (χ2n) is 3.67. The molecule has 1 saturated heterocycles. The topological polar surface area (TPSA) is 3.24 Å². The van der Waals surface area contributed by atoms with Crippen LogP contribution in [0.4, 0.5) is 0 Å². The lowest BCUT2D eigenvalue weighted by molar-refractivity contribution is 0.379. The minimum absolute atomic E-state index is 1.08. The molecule has 1 heterocycles. The third-order valence-corrected chi connectivity index (χ3v) is 2.91. The van der Waals surface area contributed by atoms with E-state index in [1.54, 1.807) is 0 Å². The summed E-state index contributed by atoms with van der Waals surface area (Å²) < 4.78 is 0. The molecule has 1 saturated carbocycles. The first kappa shape index (κ1) is 5.72. The van der Waals surface area contributed by atoms with Crippen molar-refractivity contribution in [2.24, 2.45) is 11.8 Å². The van der Waals surface area contributed by atoms with Gasteiger partial charge < -0.3 is 4.90 Å². The van der Waals surface area contributed by atoms with Crippen molar-refractivity contribution in [3.8, 4) is 0 Å². The summed E-state index contributed by atoms with van der Waals surface area (Å²) in [6, 6.07) is 0. The molecule has 1 unspecified atom stereocenters. The number of fused-ring (bicyclic) bond motifs is 1. The van der Waals surface area contributed by atoms with Crippen LogP contribution in [-0.2, 0) is 0 Å². The van der Waals surface area contributed by atoms with Crippen molar-refractivity contribution >= 4 is 0 Å². The summed E-state index contributed by atoms with van der Waals surface area (Å²) in [7, 11) is 2.25. The molecule has 0 aromatic rings. The van der Waals surface area contributed by atoms with Gasteiger partial charge in [-0.25, -0.2) is 0 Å². The summed E-state index contributed by atoms with van der Waals surface area (Å²) in [5.41, 5.74) is 0. The molecule has 2 fully saturated rings. The van der Waals surface area contributed by atoms with Crippen molar-refractivity contribution in [2.45, 2.75) is 19.3 Å². The van der Waals surface area contributed by atoms with Crippen molar-refractivity contribution < 1.29 is 0 Å². The van der Waals surface area contributed by atoms with Gasteiger partial charge in [0, 0.05) is 13.1 Å². The second-order valence-corrected chi connectivity index (χ2v) is 3.67. The molecule has 0 N–H and O–H groups in total. The first-order valence-corrected chi connectivity index (χ1v) is 4.05. The quantitative estimate of drug-likeness (QED) is 0.472. The molecular weight excluding hydrogens is 110 g/mol. The molecule has 2 atom stereocenters. The molecule has 0 bridgehead atoms. The molecular formula is C8H15N. The third kappa shape index (κ3) is 0.877. The van der Waals surface area contributed by atoms with Crippen molar-refractivity contribution in [1.29, 1.82) is 0 Å². The van der Waals surface area contributed by atoms with Crippen molar-refractivity contribution in [1.82, 2.24) is 4.90 Å². The van der Waals surface area contributed by atoms with E-state index in [0.717, 1.165) is 11.8 Å². The number of hydrogen-bond acceptors (Lipinski definition) is 1. The van der Waals surface area contributed by atoms with Crippen LogP contribution in [0, 0.1) is 11.8 Å². The molecule has 1 aliphatic heterocycles. The van der Waals surface area contributed by atoms with Crippen molar-refractivity contribution in [2.75, 3.05) is 20.1 Å². The Kier molecular flexibility index (Phi) is 1.26. The Bertz CT molecular complexity index is 99.1. The van der Waals surface area contributed by atoms with Gasteiger partial charge in [-0.3, -0.25) is 0 Å². The van der Waals surface area contributed by atoms with Crippen LogP contribution in [0.5, 0.6) is 0 Å². The van der Waals surface area contributed by atoms with E-state index in [1.807, 2.05) is 0 Å². The molecule has 9 heavy (non-hydrogen) atoms. The fraction of sp³-hybridized carbons (Fsp3) is 1.00. The van der Waals surface area contributed by atoms with Crippen LogP contribution < -0.4 is 0 Å². The van der Waals surface area contributed by atoms with Crippen molar-refractivity contribution in [3.05, 3.63) is 0 Å². The summed E-state index contributed by atoms with van der Waals surface area (Å²) in [4.78, 5) is 2.48. The zero-order valence-electron chi connectivity index (χ0n) is 6.14. The Morgan fingerprint density at radius 3 is 2.22 bits per heavy atom. The largest absolute Gasteiger partial charge is 0.306 e. The number of rotatable bonds is 0. The zero-order valence-corrected chi connectivity index (χ0v) is 6.14. The van der Waals surface area contributed by atoms with Gasteiger partial charge in [-0.2, -0.15) is 0 Å². The van der Waals surface area contributed by atoms with Gasteiger partial charge in [0.05, 0.1) is 0 Å². The van der Waals surface area contributed by atoms with Gasteiger partial charge in [0.25, 0.3) is 0 Å². The highest BCUT2D eigenvalue weighted by molar-refractivity contribution is 4.86. The van der Waals surface area contributed by atoms with Gasteiger partial charge >= 0.3 is 0 Å². The zero-order chi connectivity index (χ0) is 6.27. The summed E-state index contributed by atoms with van der Waals surface area (Å²) in [5, 5.41) is 0. The van der Waals surface area contributed by atoms with Gasteiger partial charge in [0.1, 0.15) is 0 Å². The maximum atomic E-state index is 2.48. The molecule has 2 rings (SSSR count). The molecule has 1 nitrogen and oxygen atoms in total. The van der Waals surface area contributed by atoms with E-state index in [0.29, 0.717) is 0 Å². The van der Waals surface area contributed by atoms with E-state index < -0.39 is 0 Å². The summed E-state index contributed by atoms with van der Waals surface area (Å²) in [6.45, 7) is 2.76. The van der Waals surface area contributed by atoms with Gasteiger partial charge in [0.2, 0.25) is 0 Å². The highest BCUT2D eigenvalue weighted by Crippen LogP contribution is 2.36. The molecule has 0 radical (unpaired) electrons. The highest BCUT2D eigenvalue weighted by atomic mass is 15.1. The fourth-order valence-corrected chi connectivity index (χ4v) is 2.47. The number of likely N-dealkylation sites (tertiary alicyclic amines) is 1. The van der Waals surface area contributed by atoms with Gasteiger partial charge in [-0.1, -0.05) is 6.42 Å². The van der Waals surface area contributed by atoms with E-state index >= 15 is 0 Å². The number of hydrogen-bond donors (Lipinski definition) is 0. The molecule has 0 spiro atoms. The molecule has 0 aromatic carbocycles. The van der Waals surface area contributed by atoms with Gasteiger partial charge in [-0.05, 0) is 31.7 Å². The van der Waals surface area contributed by atoms with Gasteiger partial charge in [0.15, 0.2) is 0 Å².